The first-order chi connectivity index (χ1) is 15.5. The first-order valence-corrected chi connectivity index (χ1v) is 11.7. The summed E-state index contributed by atoms with van der Waals surface area (Å²) in [6, 6.07) is 15.4. The fraction of sp³-hybridized carbons (Fsp3) is 0.375. The quantitative estimate of drug-likeness (QED) is 0.498. The lowest BCUT2D eigenvalue weighted by atomic mass is 10.2. The topological polar surface area (TPSA) is 42.6 Å². The molecule has 0 N–H and O–H groups in total. The average Bonchev–Trinajstić information content (AvgIpc) is 3.04. The van der Waals surface area contributed by atoms with Crippen LogP contribution in [0, 0.1) is 0 Å². The summed E-state index contributed by atoms with van der Waals surface area (Å²) in [4.78, 5) is 17.7. The lowest BCUT2D eigenvalue weighted by Gasteiger charge is -2.36. The third kappa shape index (κ3) is 4.53. The second kappa shape index (κ2) is 10.0. The van der Waals surface area contributed by atoms with Gasteiger partial charge in [-0.05, 0) is 36.8 Å². The number of anilines is 1. The van der Waals surface area contributed by atoms with E-state index in [4.69, 9.17) is 27.9 Å². The van der Waals surface area contributed by atoms with E-state index in [1.54, 1.807) is 11.8 Å². The molecular formula is C24H28Cl2N4O2. The Kier molecular flexibility index (Phi) is 7.13. The molecule has 1 aliphatic rings. The number of ether oxygens (including phenoxy) is 1. The SMILES string of the molecule is CCCn1c(CN2CCN(c3cc(Cl)ccc3OC)CC2)c(Cl)c(=O)n1-c1ccccc1. The van der Waals surface area contributed by atoms with Gasteiger partial charge in [-0.15, -0.1) is 0 Å². The van der Waals surface area contributed by atoms with E-state index in [9.17, 15) is 4.79 Å². The van der Waals surface area contributed by atoms with Crippen LogP contribution in [0.2, 0.25) is 10.0 Å². The molecule has 3 aromatic rings. The van der Waals surface area contributed by atoms with Gasteiger partial charge < -0.3 is 9.64 Å². The van der Waals surface area contributed by atoms with Crippen LogP contribution >= 0.6 is 23.2 Å². The van der Waals surface area contributed by atoms with Crippen LogP contribution in [0.3, 0.4) is 0 Å². The number of hydrogen-bond donors (Lipinski definition) is 0. The molecule has 0 atom stereocenters. The maximum absolute atomic E-state index is 13.0. The molecule has 1 saturated heterocycles. The maximum atomic E-state index is 13.0. The zero-order chi connectivity index (χ0) is 22.7. The number of methoxy groups -OCH3 is 1. The molecule has 0 unspecified atom stereocenters. The van der Waals surface area contributed by atoms with Gasteiger partial charge in [0.1, 0.15) is 10.8 Å². The minimum Gasteiger partial charge on any atom is -0.495 e. The summed E-state index contributed by atoms with van der Waals surface area (Å²) in [6.07, 6.45) is 0.909. The van der Waals surface area contributed by atoms with Crippen molar-refractivity contribution >= 4 is 28.9 Å². The van der Waals surface area contributed by atoms with Gasteiger partial charge in [-0.25, -0.2) is 4.68 Å². The van der Waals surface area contributed by atoms with Crippen LogP contribution in [0.25, 0.3) is 5.69 Å². The minimum atomic E-state index is -0.163. The minimum absolute atomic E-state index is 0.163. The summed E-state index contributed by atoms with van der Waals surface area (Å²) in [7, 11) is 1.68. The summed E-state index contributed by atoms with van der Waals surface area (Å²) in [5.74, 6) is 0.822. The molecule has 0 aliphatic carbocycles. The Balaban J connectivity index is 1.55. The smallest absolute Gasteiger partial charge is 0.290 e. The van der Waals surface area contributed by atoms with Crippen molar-refractivity contribution in [1.29, 1.82) is 0 Å². The Morgan fingerprint density at radius 1 is 1.00 bits per heavy atom. The van der Waals surface area contributed by atoms with E-state index in [1.807, 2.05) is 53.2 Å². The van der Waals surface area contributed by atoms with E-state index >= 15 is 0 Å². The highest BCUT2D eigenvalue weighted by Crippen LogP contribution is 2.32. The monoisotopic (exact) mass is 474 g/mol. The second-order valence-corrected chi connectivity index (χ2v) is 8.73. The number of aromatic nitrogens is 2. The number of piperazine rings is 1. The average molecular weight is 475 g/mol. The van der Waals surface area contributed by atoms with Crippen LogP contribution in [-0.4, -0.2) is 47.6 Å². The summed E-state index contributed by atoms with van der Waals surface area (Å²) in [6.45, 7) is 6.85. The molecule has 2 heterocycles. The summed E-state index contributed by atoms with van der Waals surface area (Å²) in [5, 5.41) is 1.00. The molecule has 170 valence electrons. The van der Waals surface area contributed by atoms with Crippen molar-refractivity contribution in [3.8, 4) is 11.4 Å². The molecule has 0 saturated carbocycles. The van der Waals surface area contributed by atoms with Gasteiger partial charge in [0.05, 0.1) is 24.2 Å². The van der Waals surface area contributed by atoms with Crippen LogP contribution < -0.4 is 15.2 Å². The molecule has 0 amide bonds. The predicted octanol–water partition coefficient (Wildman–Crippen LogP) is 4.69. The largest absolute Gasteiger partial charge is 0.495 e. The van der Waals surface area contributed by atoms with E-state index in [0.717, 1.165) is 62.0 Å². The van der Waals surface area contributed by atoms with E-state index in [1.165, 1.54) is 0 Å². The second-order valence-electron chi connectivity index (χ2n) is 7.92. The molecule has 1 fully saturated rings. The molecule has 6 nitrogen and oxygen atoms in total. The predicted molar refractivity (Wildman–Crippen MR) is 131 cm³/mol. The number of para-hydroxylation sites is 1. The van der Waals surface area contributed by atoms with Crippen molar-refractivity contribution in [3.05, 3.63) is 74.6 Å². The molecule has 32 heavy (non-hydrogen) atoms. The van der Waals surface area contributed by atoms with Gasteiger partial charge in [-0.3, -0.25) is 14.4 Å². The van der Waals surface area contributed by atoms with Crippen molar-refractivity contribution in [1.82, 2.24) is 14.3 Å². The van der Waals surface area contributed by atoms with Crippen LogP contribution in [0.15, 0.2) is 53.3 Å². The summed E-state index contributed by atoms with van der Waals surface area (Å²) < 4.78 is 9.26. The van der Waals surface area contributed by atoms with Crippen LogP contribution in [0.4, 0.5) is 5.69 Å². The number of halogens is 2. The molecule has 2 aromatic carbocycles. The van der Waals surface area contributed by atoms with E-state index in [2.05, 4.69) is 16.7 Å². The van der Waals surface area contributed by atoms with Crippen LogP contribution in [0.5, 0.6) is 5.75 Å². The lowest BCUT2D eigenvalue weighted by molar-refractivity contribution is 0.240. The number of hydrogen-bond acceptors (Lipinski definition) is 4. The zero-order valence-corrected chi connectivity index (χ0v) is 19.9. The fourth-order valence-electron chi connectivity index (χ4n) is 4.25. The standard InChI is InChI=1S/C24H28Cl2N4O2/c1-3-11-29-21(23(26)24(31)30(29)19-7-5-4-6-8-19)17-27-12-14-28(15-13-27)20-16-18(25)9-10-22(20)32-2/h4-10,16H,3,11-15,17H2,1-2H3. The molecular weight excluding hydrogens is 447 g/mol. The van der Waals surface area contributed by atoms with Gasteiger partial charge in [0.25, 0.3) is 5.56 Å². The van der Waals surface area contributed by atoms with Crippen molar-refractivity contribution in [3.63, 3.8) is 0 Å². The first kappa shape index (κ1) is 22.8. The van der Waals surface area contributed by atoms with Gasteiger partial charge in [-0.2, -0.15) is 0 Å². The normalized spacial score (nSPS) is 14.7. The number of benzene rings is 2. The Morgan fingerprint density at radius 2 is 1.72 bits per heavy atom. The molecule has 1 aliphatic heterocycles. The first-order valence-electron chi connectivity index (χ1n) is 10.9. The summed E-state index contributed by atoms with van der Waals surface area (Å²) >= 11 is 12.8. The van der Waals surface area contributed by atoms with E-state index < -0.39 is 0 Å². The molecule has 0 spiro atoms. The summed E-state index contributed by atoms with van der Waals surface area (Å²) in [5.41, 5.74) is 2.55. The highest BCUT2D eigenvalue weighted by molar-refractivity contribution is 6.31. The third-order valence-corrected chi connectivity index (χ3v) is 6.46. The van der Waals surface area contributed by atoms with Gasteiger partial charge in [-0.1, -0.05) is 48.3 Å². The van der Waals surface area contributed by atoms with Crippen molar-refractivity contribution < 1.29 is 4.74 Å². The number of rotatable bonds is 7. The van der Waals surface area contributed by atoms with E-state index in [-0.39, 0.29) is 5.56 Å². The number of nitrogens with zero attached hydrogens (tertiary/aromatic N) is 4. The van der Waals surface area contributed by atoms with E-state index in [0.29, 0.717) is 16.6 Å². The highest BCUT2D eigenvalue weighted by Gasteiger charge is 2.25. The van der Waals surface area contributed by atoms with Gasteiger partial charge >= 0.3 is 0 Å². The maximum Gasteiger partial charge on any atom is 0.290 e. The van der Waals surface area contributed by atoms with Crippen LogP contribution in [-0.2, 0) is 13.1 Å². The van der Waals surface area contributed by atoms with Gasteiger partial charge in [0, 0.05) is 44.3 Å². The van der Waals surface area contributed by atoms with Crippen molar-refractivity contribution in [2.75, 3.05) is 38.2 Å². The molecule has 0 bridgehead atoms. The Morgan fingerprint density at radius 3 is 2.38 bits per heavy atom. The fourth-order valence-corrected chi connectivity index (χ4v) is 4.66. The molecule has 0 radical (unpaired) electrons. The molecule has 4 rings (SSSR count). The molecule has 1 aromatic heterocycles. The lowest BCUT2D eigenvalue weighted by Crippen LogP contribution is -2.46. The highest BCUT2D eigenvalue weighted by atomic mass is 35.5. The Bertz CT molecular complexity index is 1120. The van der Waals surface area contributed by atoms with Crippen LogP contribution in [0.1, 0.15) is 19.0 Å². The van der Waals surface area contributed by atoms with Gasteiger partial charge in [0.15, 0.2) is 0 Å². The third-order valence-electron chi connectivity index (χ3n) is 5.85. The zero-order valence-electron chi connectivity index (χ0n) is 18.4. The van der Waals surface area contributed by atoms with Gasteiger partial charge in [0.2, 0.25) is 0 Å². The Hall–Kier alpha value is -2.41. The Labute approximate surface area is 198 Å². The van der Waals surface area contributed by atoms with Crippen molar-refractivity contribution in [2.24, 2.45) is 0 Å². The molecule has 8 heteroatoms. The van der Waals surface area contributed by atoms with Crippen molar-refractivity contribution in [2.45, 2.75) is 26.4 Å².